The van der Waals surface area contributed by atoms with Crippen molar-refractivity contribution in [3.63, 3.8) is 0 Å². The number of carbonyl (C=O) groups is 1. The number of carbonyl (C=O) groups excluding carboxylic acids is 1. The largest absolute Gasteiger partial charge is 0.366 e. The number of amides is 1. The van der Waals surface area contributed by atoms with Gasteiger partial charge < -0.3 is 11.1 Å². The first-order valence-electron chi connectivity index (χ1n) is 7.54. The van der Waals surface area contributed by atoms with Crippen molar-refractivity contribution >= 4 is 5.91 Å². The summed E-state index contributed by atoms with van der Waals surface area (Å²) < 4.78 is 0. The standard InChI is InChI=1S/C16H25N3O/c1-2-9-19(15-7-4-8-18-11-15)12-13-5-3-6-14(10-13)16(17)20/h3,5-6,10,15,18H,2,4,7-9,11-12H2,1H3,(H2,17,20). The van der Waals surface area contributed by atoms with Gasteiger partial charge in [0.1, 0.15) is 0 Å². The predicted molar refractivity (Wildman–Crippen MR) is 81.6 cm³/mol. The van der Waals surface area contributed by atoms with Crippen molar-refractivity contribution in [2.24, 2.45) is 5.73 Å². The van der Waals surface area contributed by atoms with E-state index in [0.29, 0.717) is 11.6 Å². The molecule has 1 heterocycles. The highest BCUT2D eigenvalue weighted by Crippen LogP contribution is 2.16. The van der Waals surface area contributed by atoms with Crippen LogP contribution in [0.15, 0.2) is 24.3 Å². The van der Waals surface area contributed by atoms with Crippen LogP contribution in [0.1, 0.15) is 42.1 Å². The summed E-state index contributed by atoms with van der Waals surface area (Å²) in [5, 5.41) is 3.47. The first kappa shape index (κ1) is 15.0. The van der Waals surface area contributed by atoms with E-state index in [1.54, 1.807) is 6.07 Å². The van der Waals surface area contributed by atoms with Crippen molar-refractivity contribution in [2.45, 2.75) is 38.8 Å². The van der Waals surface area contributed by atoms with E-state index in [-0.39, 0.29) is 5.91 Å². The molecule has 1 saturated heterocycles. The van der Waals surface area contributed by atoms with Crippen molar-refractivity contribution in [2.75, 3.05) is 19.6 Å². The number of nitrogens with zero attached hydrogens (tertiary/aromatic N) is 1. The first-order valence-corrected chi connectivity index (χ1v) is 7.54. The number of piperidine rings is 1. The van der Waals surface area contributed by atoms with E-state index in [0.717, 1.165) is 32.6 Å². The Morgan fingerprint density at radius 1 is 1.50 bits per heavy atom. The zero-order valence-corrected chi connectivity index (χ0v) is 12.3. The van der Waals surface area contributed by atoms with Crippen LogP contribution in [-0.4, -0.2) is 36.5 Å². The summed E-state index contributed by atoms with van der Waals surface area (Å²) in [6.07, 6.45) is 3.64. The Labute approximate surface area is 121 Å². The fraction of sp³-hybridized carbons (Fsp3) is 0.562. The van der Waals surface area contributed by atoms with E-state index in [9.17, 15) is 4.79 Å². The van der Waals surface area contributed by atoms with Crippen LogP contribution in [0.4, 0.5) is 0 Å². The maximum absolute atomic E-state index is 11.3. The van der Waals surface area contributed by atoms with Gasteiger partial charge in [0.15, 0.2) is 0 Å². The second-order valence-electron chi connectivity index (χ2n) is 5.54. The topological polar surface area (TPSA) is 58.4 Å². The number of rotatable bonds is 6. The molecule has 0 saturated carbocycles. The van der Waals surface area contributed by atoms with Gasteiger partial charge in [-0.1, -0.05) is 19.1 Å². The van der Waals surface area contributed by atoms with Crippen LogP contribution in [0.5, 0.6) is 0 Å². The quantitative estimate of drug-likeness (QED) is 0.831. The van der Waals surface area contributed by atoms with Gasteiger partial charge in [-0.15, -0.1) is 0 Å². The summed E-state index contributed by atoms with van der Waals surface area (Å²) in [5.41, 5.74) is 7.12. The fourth-order valence-corrected chi connectivity index (χ4v) is 2.88. The molecular formula is C16H25N3O. The Morgan fingerprint density at radius 3 is 3.00 bits per heavy atom. The number of hydrogen-bond donors (Lipinski definition) is 2. The van der Waals surface area contributed by atoms with Gasteiger partial charge in [-0.3, -0.25) is 9.69 Å². The molecule has 1 atom stereocenters. The van der Waals surface area contributed by atoms with Gasteiger partial charge in [-0.2, -0.15) is 0 Å². The summed E-state index contributed by atoms with van der Waals surface area (Å²) in [5.74, 6) is -0.353. The number of hydrogen-bond acceptors (Lipinski definition) is 3. The summed E-state index contributed by atoms with van der Waals surface area (Å²) >= 11 is 0. The molecular weight excluding hydrogens is 250 g/mol. The lowest BCUT2D eigenvalue weighted by atomic mass is 10.0. The monoisotopic (exact) mass is 275 g/mol. The molecule has 3 N–H and O–H groups in total. The maximum Gasteiger partial charge on any atom is 0.248 e. The highest BCUT2D eigenvalue weighted by molar-refractivity contribution is 5.92. The van der Waals surface area contributed by atoms with Gasteiger partial charge >= 0.3 is 0 Å². The van der Waals surface area contributed by atoms with Crippen molar-refractivity contribution in [1.82, 2.24) is 10.2 Å². The normalized spacial score (nSPS) is 19.2. The first-order chi connectivity index (χ1) is 9.70. The lowest BCUT2D eigenvalue weighted by Crippen LogP contribution is -2.45. The van der Waals surface area contributed by atoms with Gasteiger partial charge in [-0.05, 0) is 50.0 Å². The molecule has 0 aliphatic carbocycles. The molecule has 110 valence electrons. The molecule has 4 heteroatoms. The summed E-state index contributed by atoms with van der Waals surface area (Å²) in [6.45, 7) is 6.39. The lowest BCUT2D eigenvalue weighted by molar-refractivity contribution is 0.1000. The Morgan fingerprint density at radius 2 is 2.35 bits per heavy atom. The smallest absolute Gasteiger partial charge is 0.248 e. The van der Waals surface area contributed by atoms with Crippen LogP contribution < -0.4 is 11.1 Å². The number of benzene rings is 1. The van der Waals surface area contributed by atoms with Gasteiger partial charge in [0.05, 0.1) is 0 Å². The van der Waals surface area contributed by atoms with Crippen molar-refractivity contribution in [3.05, 3.63) is 35.4 Å². The molecule has 1 fully saturated rings. The molecule has 20 heavy (non-hydrogen) atoms. The number of primary amides is 1. The van der Waals surface area contributed by atoms with Crippen molar-refractivity contribution < 1.29 is 4.79 Å². The Bertz CT molecular complexity index is 441. The summed E-state index contributed by atoms with van der Waals surface area (Å²) in [4.78, 5) is 13.8. The molecule has 2 rings (SSSR count). The molecule has 1 amide bonds. The average Bonchev–Trinajstić information content (AvgIpc) is 2.48. The number of nitrogens with two attached hydrogens (primary N) is 1. The van der Waals surface area contributed by atoms with E-state index in [1.807, 2.05) is 12.1 Å². The average molecular weight is 275 g/mol. The van der Waals surface area contributed by atoms with Crippen LogP contribution in [0.2, 0.25) is 0 Å². The third kappa shape index (κ3) is 4.05. The van der Waals surface area contributed by atoms with E-state index in [1.165, 1.54) is 18.4 Å². The Balaban J connectivity index is 2.06. The van der Waals surface area contributed by atoms with Gasteiger partial charge in [0.2, 0.25) is 5.91 Å². The van der Waals surface area contributed by atoms with Crippen LogP contribution in [0.3, 0.4) is 0 Å². The molecule has 1 aliphatic heterocycles. The predicted octanol–water partition coefficient (Wildman–Crippen LogP) is 1.75. The maximum atomic E-state index is 11.3. The second kappa shape index (κ2) is 7.41. The van der Waals surface area contributed by atoms with Crippen LogP contribution >= 0.6 is 0 Å². The van der Waals surface area contributed by atoms with E-state index >= 15 is 0 Å². The Hall–Kier alpha value is -1.39. The minimum atomic E-state index is -0.353. The highest BCUT2D eigenvalue weighted by atomic mass is 16.1. The number of nitrogens with one attached hydrogen (secondary N) is 1. The zero-order chi connectivity index (χ0) is 14.4. The minimum absolute atomic E-state index is 0.353. The molecule has 1 aliphatic rings. The summed E-state index contributed by atoms with van der Waals surface area (Å²) in [6, 6.07) is 8.28. The molecule has 0 aromatic heterocycles. The van der Waals surface area contributed by atoms with Gasteiger partial charge in [0, 0.05) is 24.7 Å². The third-order valence-corrected chi connectivity index (χ3v) is 3.90. The Kier molecular flexibility index (Phi) is 5.56. The molecule has 1 unspecified atom stereocenters. The van der Waals surface area contributed by atoms with Crippen LogP contribution in [0, 0.1) is 0 Å². The van der Waals surface area contributed by atoms with E-state index in [4.69, 9.17) is 5.73 Å². The van der Waals surface area contributed by atoms with Crippen molar-refractivity contribution in [1.29, 1.82) is 0 Å². The third-order valence-electron chi connectivity index (χ3n) is 3.90. The fourth-order valence-electron chi connectivity index (χ4n) is 2.88. The SMILES string of the molecule is CCCN(Cc1cccc(C(N)=O)c1)C1CCCNC1. The lowest BCUT2D eigenvalue weighted by Gasteiger charge is -2.34. The van der Waals surface area contributed by atoms with Gasteiger partial charge in [-0.25, -0.2) is 0 Å². The molecule has 0 spiro atoms. The van der Waals surface area contributed by atoms with Crippen LogP contribution in [0.25, 0.3) is 0 Å². The van der Waals surface area contributed by atoms with E-state index in [2.05, 4.69) is 23.2 Å². The summed E-state index contributed by atoms with van der Waals surface area (Å²) in [7, 11) is 0. The molecule has 0 bridgehead atoms. The molecule has 1 aromatic rings. The second-order valence-corrected chi connectivity index (χ2v) is 5.54. The molecule has 0 radical (unpaired) electrons. The van der Waals surface area contributed by atoms with Gasteiger partial charge in [0.25, 0.3) is 0 Å². The van der Waals surface area contributed by atoms with Crippen LogP contribution in [-0.2, 0) is 6.54 Å². The highest BCUT2D eigenvalue weighted by Gasteiger charge is 2.20. The molecule has 4 nitrogen and oxygen atoms in total. The van der Waals surface area contributed by atoms with Crippen molar-refractivity contribution in [3.8, 4) is 0 Å². The molecule has 1 aromatic carbocycles. The zero-order valence-electron chi connectivity index (χ0n) is 12.3. The van der Waals surface area contributed by atoms with E-state index < -0.39 is 0 Å². The minimum Gasteiger partial charge on any atom is -0.366 e.